The lowest BCUT2D eigenvalue weighted by Gasteiger charge is -2.38. The molecular weight excluding hydrogens is 436 g/mol. The highest BCUT2D eigenvalue weighted by molar-refractivity contribution is 5.94. The number of H-pyrrole nitrogens is 1. The van der Waals surface area contributed by atoms with Crippen LogP contribution in [0.25, 0.3) is 22.2 Å². The number of rotatable bonds is 4. The first-order valence-corrected chi connectivity index (χ1v) is 12.3. The van der Waals surface area contributed by atoms with Gasteiger partial charge in [0.15, 0.2) is 0 Å². The second-order valence-corrected chi connectivity index (χ2v) is 9.30. The normalized spacial score (nSPS) is 17.9. The summed E-state index contributed by atoms with van der Waals surface area (Å²) in [6.07, 6.45) is 3.47. The van der Waals surface area contributed by atoms with E-state index in [2.05, 4.69) is 63.3 Å². The standard InChI is InChI=1S/C28H28N6O/c29-20-28(21-5-2-1-3-6-21)10-13-34(14-11-28)27-31-25(19-26(32-27)33-15-17-35-18-16-33)22-7-4-8-24-23(22)9-12-30-24/h1-9,12,19,30H,10-11,13-18H2. The van der Waals surface area contributed by atoms with Crippen molar-refractivity contribution in [2.75, 3.05) is 49.2 Å². The van der Waals surface area contributed by atoms with E-state index in [0.29, 0.717) is 13.2 Å². The molecule has 0 amide bonds. The molecule has 7 heteroatoms. The second kappa shape index (κ2) is 9.05. The molecule has 0 atom stereocenters. The zero-order valence-electron chi connectivity index (χ0n) is 19.7. The van der Waals surface area contributed by atoms with E-state index in [9.17, 15) is 5.26 Å². The molecule has 0 aliphatic carbocycles. The first kappa shape index (κ1) is 21.6. The third-order valence-corrected chi connectivity index (χ3v) is 7.35. The van der Waals surface area contributed by atoms with E-state index in [1.807, 2.05) is 24.4 Å². The van der Waals surface area contributed by atoms with E-state index in [4.69, 9.17) is 14.7 Å². The van der Waals surface area contributed by atoms with Crippen molar-refractivity contribution in [3.63, 3.8) is 0 Å². The van der Waals surface area contributed by atoms with E-state index in [0.717, 1.165) is 78.5 Å². The van der Waals surface area contributed by atoms with Gasteiger partial charge in [0, 0.05) is 54.9 Å². The SMILES string of the molecule is N#CC1(c2ccccc2)CCN(c2nc(-c3cccc4[nH]ccc34)cc(N3CCOCC3)n2)CC1. The monoisotopic (exact) mass is 464 g/mol. The summed E-state index contributed by atoms with van der Waals surface area (Å²) in [5.41, 5.74) is 3.75. The average Bonchev–Trinajstić information content (AvgIpc) is 3.43. The van der Waals surface area contributed by atoms with Crippen molar-refractivity contribution in [2.24, 2.45) is 0 Å². The zero-order valence-corrected chi connectivity index (χ0v) is 19.7. The minimum Gasteiger partial charge on any atom is -0.378 e. The predicted octanol–water partition coefficient (Wildman–Crippen LogP) is 4.52. The fourth-order valence-corrected chi connectivity index (χ4v) is 5.28. The number of fused-ring (bicyclic) bond motifs is 1. The summed E-state index contributed by atoms with van der Waals surface area (Å²) < 4.78 is 5.58. The van der Waals surface area contributed by atoms with Crippen molar-refractivity contribution in [3.05, 3.63) is 72.4 Å². The van der Waals surface area contributed by atoms with E-state index in [1.165, 1.54) is 0 Å². The van der Waals surface area contributed by atoms with Gasteiger partial charge in [0.05, 0.1) is 30.4 Å². The average molecular weight is 465 g/mol. The Hall–Kier alpha value is -3.89. The zero-order chi connectivity index (χ0) is 23.7. The van der Waals surface area contributed by atoms with Crippen molar-refractivity contribution in [2.45, 2.75) is 18.3 Å². The highest BCUT2D eigenvalue weighted by Crippen LogP contribution is 2.37. The number of nitrogens with zero attached hydrogens (tertiary/aromatic N) is 5. The van der Waals surface area contributed by atoms with Gasteiger partial charge in [0.1, 0.15) is 5.82 Å². The van der Waals surface area contributed by atoms with E-state index >= 15 is 0 Å². The lowest BCUT2D eigenvalue weighted by atomic mass is 9.74. The van der Waals surface area contributed by atoms with Gasteiger partial charge in [0.25, 0.3) is 0 Å². The van der Waals surface area contributed by atoms with Crippen LogP contribution in [-0.2, 0) is 10.2 Å². The molecule has 0 bridgehead atoms. The maximum atomic E-state index is 10.1. The molecule has 4 heterocycles. The Morgan fingerprint density at radius 2 is 1.69 bits per heavy atom. The van der Waals surface area contributed by atoms with Gasteiger partial charge < -0.3 is 19.5 Å². The molecule has 0 radical (unpaired) electrons. The number of anilines is 2. The molecule has 7 nitrogen and oxygen atoms in total. The summed E-state index contributed by atoms with van der Waals surface area (Å²) >= 11 is 0. The maximum absolute atomic E-state index is 10.1. The fourth-order valence-electron chi connectivity index (χ4n) is 5.28. The van der Waals surface area contributed by atoms with E-state index in [-0.39, 0.29) is 0 Å². The molecule has 2 aliphatic heterocycles. The molecule has 2 saturated heterocycles. The molecule has 2 aliphatic rings. The summed E-state index contributed by atoms with van der Waals surface area (Å²) in [4.78, 5) is 17.9. The number of ether oxygens (including phenoxy) is 1. The molecule has 176 valence electrons. The Balaban J connectivity index is 1.36. The molecule has 0 saturated carbocycles. The first-order chi connectivity index (χ1) is 17.3. The number of aromatic nitrogens is 3. The minimum absolute atomic E-state index is 0.459. The number of hydrogen-bond acceptors (Lipinski definition) is 6. The summed E-state index contributed by atoms with van der Waals surface area (Å²) in [6, 6.07) is 23.3. The summed E-state index contributed by atoms with van der Waals surface area (Å²) in [5, 5.41) is 11.3. The van der Waals surface area contributed by atoms with Crippen LogP contribution in [0.5, 0.6) is 0 Å². The topological polar surface area (TPSA) is 81.1 Å². The predicted molar refractivity (Wildman–Crippen MR) is 138 cm³/mol. The lowest BCUT2D eigenvalue weighted by Crippen LogP contribution is -2.43. The smallest absolute Gasteiger partial charge is 0.227 e. The van der Waals surface area contributed by atoms with Crippen LogP contribution in [-0.4, -0.2) is 54.3 Å². The van der Waals surface area contributed by atoms with Crippen molar-refractivity contribution in [1.29, 1.82) is 5.26 Å². The second-order valence-electron chi connectivity index (χ2n) is 9.30. The fraction of sp³-hybridized carbons (Fsp3) is 0.321. The van der Waals surface area contributed by atoms with Crippen molar-refractivity contribution in [3.8, 4) is 17.3 Å². The van der Waals surface area contributed by atoms with Crippen LogP contribution < -0.4 is 9.80 Å². The van der Waals surface area contributed by atoms with Crippen LogP contribution in [0.15, 0.2) is 66.9 Å². The number of nitriles is 1. The Labute approximate surface area is 205 Å². The third-order valence-electron chi connectivity index (χ3n) is 7.35. The van der Waals surface area contributed by atoms with Gasteiger partial charge in [-0.25, -0.2) is 4.98 Å². The van der Waals surface area contributed by atoms with E-state index < -0.39 is 5.41 Å². The van der Waals surface area contributed by atoms with Crippen LogP contribution in [0.2, 0.25) is 0 Å². The van der Waals surface area contributed by atoms with Gasteiger partial charge in [-0.05, 0) is 30.5 Å². The quantitative estimate of drug-likeness (QED) is 0.478. The molecule has 35 heavy (non-hydrogen) atoms. The highest BCUT2D eigenvalue weighted by Gasteiger charge is 2.37. The van der Waals surface area contributed by atoms with Crippen LogP contribution in [0, 0.1) is 11.3 Å². The number of piperidine rings is 1. The van der Waals surface area contributed by atoms with Crippen molar-refractivity contribution >= 4 is 22.7 Å². The van der Waals surface area contributed by atoms with Crippen LogP contribution in [0.4, 0.5) is 11.8 Å². The van der Waals surface area contributed by atoms with Gasteiger partial charge >= 0.3 is 0 Å². The number of aromatic amines is 1. The van der Waals surface area contributed by atoms with Crippen molar-refractivity contribution < 1.29 is 4.74 Å². The van der Waals surface area contributed by atoms with Crippen LogP contribution >= 0.6 is 0 Å². The van der Waals surface area contributed by atoms with Gasteiger partial charge in [0.2, 0.25) is 5.95 Å². The molecule has 2 aromatic heterocycles. The molecule has 4 aromatic rings. The Kier molecular flexibility index (Phi) is 5.59. The van der Waals surface area contributed by atoms with Gasteiger partial charge in [-0.2, -0.15) is 10.2 Å². The minimum atomic E-state index is -0.459. The maximum Gasteiger partial charge on any atom is 0.227 e. The molecule has 2 aromatic carbocycles. The summed E-state index contributed by atoms with van der Waals surface area (Å²) in [5.74, 6) is 1.66. The number of hydrogen-bond donors (Lipinski definition) is 1. The molecule has 1 N–H and O–H groups in total. The third kappa shape index (κ3) is 4.00. The summed E-state index contributed by atoms with van der Waals surface area (Å²) in [6.45, 7) is 4.51. The molecule has 6 rings (SSSR count). The van der Waals surface area contributed by atoms with Gasteiger partial charge in [-0.3, -0.25) is 0 Å². The molecule has 0 spiro atoms. The Bertz CT molecular complexity index is 1360. The van der Waals surface area contributed by atoms with Crippen molar-refractivity contribution in [1.82, 2.24) is 15.0 Å². The number of nitrogens with one attached hydrogen (secondary N) is 1. The molecular formula is C28H28N6O. The molecule has 2 fully saturated rings. The van der Waals surface area contributed by atoms with Gasteiger partial charge in [-0.15, -0.1) is 0 Å². The lowest BCUT2D eigenvalue weighted by molar-refractivity contribution is 0.122. The van der Waals surface area contributed by atoms with Crippen LogP contribution in [0.3, 0.4) is 0 Å². The number of morpholine rings is 1. The van der Waals surface area contributed by atoms with E-state index in [1.54, 1.807) is 0 Å². The Morgan fingerprint density at radius 1 is 0.886 bits per heavy atom. The number of benzene rings is 2. The Morgan fingerprint density at radius 3 is 2.46 bits per heavy atom. The molecule has 0 unspecified atom stereocenters. The van der Waals surface area contributed by atoms with Crippen LogP contribution in [0.1, 0.15) is 18.4 Å². The summed E-state index contributed by atoms with van der Waals surface area (Å²) in [7, 11) is 0. The van der Waals surface area contributed by atoms with Gasteiger partial charge in [-0.1, -0.05) is 42.5 Å². The first-order valence-electron chi connectivity index (χ1n) is 12.3. The highest BCUT2D eigenvalue weighted by atomic mass is 16.5. The largest absolute Gasteiger partial charge is 0.378 e.